The molecule has 0 aliphatic heterocycles. The van der Waals surface area contributed by atoms with E-state index in [1.54, 1.807) is 0 Å². The van der Waals surface area contributed by atoms with Crippen molar-refractivity contribution in [3.05, 3.63) is 12.2 Å². The van der Waals surface area contributed by atoms with Crippen molar-refractivity contribution in [2.24, 2.45) is 10.8 Å². The summed E-state index contributed by atoms with van der Waals surface area (Å²) >= 11 is 0. The van der Waals surface area contributed by atoms with Gasteiger partial charge >= 0.3 is 11.9 Å². The number of carbonyl (C=O) groups excluding carboxylic acids is 2. The summed E-state index contributed by atoms with van der Waals surface area (Å²) in [6.45, 7) is 12.7. The summed E-state index contributed by atoms with van der Waals surface area (Å²) in [5, 5.41) is 0. The van der Waals surface area contributed by atoms with Crippen LogP contribution in [0.3, 0.4) is 0 Å². The van der Waals surface area contributed by atoms with Crippen LogP contribution >= 0.6 is 0 Å². The van der Waals surface area contributed by atoms with Gasteiger partial charge in [-0.2, -0.15) is 0 Å². The summed E-state index contributed by atoms with van der Waals surface area (Å²) in [6.07, 6.45) is 12.7. The molecule has 28 heavy (non-hydrogen) atoms. The molecular weight excluding hydrogens is 352 g/mol. The van der Waals surface area contributed by atoms with E-state index in [9.17, 15) is 9.59 Å². The molecule has 2 aliphatic carbocycles. The third-order valence-corrected chi connectivity index (χ3v) is 7.00. The molecule has 2 rings (SSSR count). The molecule has 2 fully saturated rings. The molecule has 0 atom stereocenters. The highest BCUT2D eigenvalue weighted by Crippen LogP contribution is 2.46. The van der Waals surface area contributed by atoms with E-state index in [4.69, 9.17) is 9.47 Å². The SMILES string of the molecule is CC(C)(C)C1(OC(=O)/C=C/C(=O)OC2(C(C)(C)C)CCCCC2)CCCCC1. The molecule has 0 saturated heterocycles. The third kappa shape index (κ3) is 5.18. The first kappa shape index (κ1) is 23.0. The lowest BCUT2D eigenvalue weighted by molar-refractivity contribution is -0.176. The second-order valence-electron chi connectivity index (χ2n) is 10.8. The van der Waals surface area contributed by atoms with E-state index in [2.05, 4.69) is 41.5 Å². The Morgan fingerprint density at radius 2 is 0.893 bits per heavy atom. The monoisotopic (exact) mass is 392 g/mol. The molecule has 0 unspecified atom stereocenters. The van der Waals surface area contributed by atoms with Crippen LogP contribution in [0.25, 0.3) is 0 Å². The maximum Gasteiger partial charge on any atom is 0.331 e. The average molecular weight is 393 g/mol. The van der Waals surface area contributed by atoms with Crippen LogP contribution in [-0.2, 0) is 19.1 Å². The largest absolute Gasteiger partial charge is 0.455 e. The Labute approximate surface area is 171 Å². The van der Waals surface area contributed by atoms with Crippen LogP contribution in [-0.4, -0.2) is 23.1 Å². The fraction of sp³-hybridized carbons (Fsp3) is 0.833. The van der Waals surface area contributed by atoms with Crippen molar-refractivity contribution in [2.75, 3.05) is 0 Å². The zero-order valence-electron chi connectivity index (χ0n) is 18.9. The molecule has 0 aromatic carbocycles. The quantitative estimate of drug-likeness (QED) is 0.427. The number of hydrogen-bond acceptors (Lipinski definition) is 4. The molecule has 2 aliphatic rings. The number of rotatable bonds is 4. The number of carbonyl (C=O) groups is 2. The first-order chi connectivity index (χ1) is 12.9. The fourth-order valence-corrected chi connectivity index (χ4v) is 4.85. The van der Waals surface area contributed by atoms with Gasteiger partial charge in [0.2, 0.25) is 0 Å². The maximum absolute atomic E-state index is 12.5. The molecule has 0 radical (unpaired) electrons. The lowest BCUT2D eigenvalue weighted by Gasteiger charge is -2.46. The van der Waals surface area contributed by atoms with Crippen LogP contribution in [0.5, 0.6) is 0 Å². The Morgan fingerprint density at radius 3 is 1.14 bits per heavy atom. The van der Waals surface area contributed by atoms with Crippen molar-refractivity contribution in [3.63, 3.8) is 0 Å². The minimum atomic E-state index is -0.452. The molecule has 4 nitrogen and oxygen atoms in total. The standard InChI is InChI=1S/C24H40O4/c1-21(2,3)23(15-9-7-10-16-23)27-19(25)13-14-20(26)28-24(22(4,5)6)17-11-8-12-18-24/h13-14H,7-12,15-18H2,1-6H3/b14-13+. The Kier molecular flexibility index (Phi) is 7.04. The van der Waals surface area contributed by atoms with Crippen molar-refractivity contribution in [2.45, 2.75) is 117 Å². The van der Waals surface area contributed by atoms with Gasteiger partial charge in [-0.3, -0.25) is 0 Å². The van der Waals surface area contributed by atoms with Crippen LogP contribution in [0.1, 0.15) is 106 Å². The molecule has 4 heteroatoms. The predicted molar refractivity (Wildman–Crippen MR) is 112 cm³/mol. The van der Waals surface area contributed by atoms with Crippen LogP contribution in [0.15, 0.2) is 12.2 Å². The van der Waals surface area contributed by atoms with Gasteiger partial charge in [-0.05, 0) is 51.4 Å². The highest BCUT2D eigenvalue weighted by atomic mass is 16.6. The van der Waals surface area contributed by atoms with Gasteiger partial charge in [-0.1, -0.05) is 54.4 Å². The Bertz CT molecular complexity index is 525. The Hall–Kier alpha value is -1.32. The van der Waals surface area contributed by atoms with E-state index in [1.807, 2.05) is 0 Å². The predicted octanol–water partition coefficient (Wildman–Crippen LogP) is 6.13. The fourth-order valence-electron chi connectivity index (χ4n) is 4.85. The summed E-state index contributed by atoms with van der Waals surface area (Å²) in [7, 11) is 0. The smallest absolute Gasteiger partial charge is 0.331 e. The van der Waals surface area contributed by atoms with Crippen LogP contribution in [0.2, 0.25) is 0 Å². The van der Waals surface area contributed by atoms with Crippen molar-refractivity contribution < 1.29 is 19.1 Å². The molecule has 0 N–H and O–H groups in total. The molecule has 0 amide bonds. The van der Waals surface area contributed by atoms with Gasteiger partial charge < -0.3 is 9.47 Å². The van der Waals surface area contributed by atoms with Gasteiger partial charge in [0.05, 0.1) is 0 Å². The van der Waals surface area contributed by atoms with Crippen LogP contribution in [0.4, 0.5) is 0 Å². The molecule has 0 spiro atoms. The van der Waals surface area contributed by atoms with E-state index in [1.165, 1.54) is 25.0 Å². The van der Waals surface area contributed by atoms with Crippen molar-refractivity contribution in [1.82, 2.24) is 0 Å². The molecule has 0 aromatic heterocycles. The molecule has 2 saturated carbocycles. The highest BCUT2D eigenvalue weighted by Gasteiger charge is 2.47. The van der Waals surface area contributed by atoms with E-state index in [-0.39, 0.29) is 10.8 Å². The molecule has 0 bridgehead atoms. The zero-order chi connectivity index (χ0) is 21.1. The van der Waals surface area contributed by atoms with E-state index >= 15 is 0 Å². The minimum absolute atomic E-state index is 0.129. The zero-order valence-corrected chi connectivity index (χ0v) is 18.9. The normalized spacial score (nSPS) is 22.6. The number of esters is 2. The van der Waals surface area contributed by atoms with Crippen molar-refractivity contribution in [3.8, 4) is 0 Å². The van der Waals surface area contributed by atoms with Gasteiger partial charge in [-0.25, -0.2) is 9.59 Å². The third-order valence-electron chi connectivity index (χ3n) is 7.00. The van der Waals surface area contributed by atoms with Gasteiger partial charge in [0.25, 0.3) is 0 Å². The lowest BCUT2D eigenvalue weighted by Crippen LogP contribution is -2.48. The van der Waals surface area contributed by atoms with Gasteiger partial charge in [-0.15, -0.1) is 0 Å². The van der Waals surface area contributed by atoms with E-state index < -0.39 is 23.1 Å². The van der Waals surface area contributed by atoms with Crippen molar-refractivity contribution >= 4 is 11.9 Å². The maximum atomic E-state index is 12.5. The highest BCUT2D eigenvalue weighted by molar-refractivity contribution is 5.92. The average Bonchev–Trinajstić information content (AvgIpc) is 2.60. The van der Waals surface area contributed by atoms with Gasteiger partial charge in [0.15, 0.2) is 0 Å². The van der Waals surface area contributed by atoms with Crippen LogP contribution in [0, 0.1) is 10.8 Å². The molecular formula is C24H40O4. The number of hydrogen-bond donors (Lipinski definition) is 0. The molecule has 0 aromatic rings. The van der Waals surface area contributed by atoms with Crippen LogP contribution < -0.4 is 0 Å². The Balaban J connectivity index is 2.03. The second-order valence-corrected chi connectivity index (χ2v) is 10.8. The first-order valence-corrected chi connectivity index (χ1v) is 11.0. The summed E-state index contributed by atoms with van der Waals surface area (Å²) < 4.78 is 11.9. The topological polar surface area (TPSA) is 52.6 Å². The van der Waals surface area contributed by atoms with Gasteiger partial charge in [0, 0.05) is 23.0 Å². The number of ether oxygens (including phenoxy) is 2. The van der Waals surface area contributed by atoms with E-state index in [0.29, 0.717) is 0 Å². The minimum Gasteiger partial charge on any atom is -0.455 e. The summed E-state index contributed by atoms with van der Waals surface area (Å²) in [4.78, 5) is 25.0. The summed E-state index contributed by atoms with van der Waals surface area (Å²) in [5.41, 5.74) is -1.16. The van der Waals surface area contributed by atoms with E-state index in [0.717, 1.165) is 51.4 Å². The second kappa shape index (κ2) is 8.59. The van der Waals surface area contributed by atoms with Crippen molar-refractivity contribution in [1.29, 1.82) is 0 Å². The summed E-state index contributed by atoms with van der Waals surface area (Å²) in [6, 6.07) is 0. The molecule has 160 valence electrons. The first-order valence-electron chi connectivity index (χ1n) is 11.0. The summed E-state index contributed by atoms with van der Waals surface area (Å²) in [5.74, 6) is -0.885. The Morgan fingerprint density at radius 1 is 0.607 bits per heavy atom. The molecule has 0 heterocycles. The lowest BCUT2D eigenvalue weighted by atomic mass is 9.68. The van der Waals surface area contributed by atoms with Gasteiger partial charge in [0.1, 0.15) is 11.2 Å².